The molecule has 1 aliphatic heterocycles. The summed E-state index contributed by atoms with van der Waals surface area (Å²) in [5.74, 6) is 1.18. The highest BCUT2D eigenvalue weighted by Gasteiger charge is 2.42. The molecule has 2 aromatic rings. The van der Waals surface area contributed by atoms with Crippen molar-refractivity contribution < 1.29 is 5.11 Å². The molecule has 3 N–H and O–H groups in total. The summed E-state index contributed by atoms with van der Waals surface area (Å²) >= 11 is 0. The second-order valence-corrected chi connectivity index (χ2v) is 7.82. The Morgan fingerprint density at radius 3 is 2.58 bits per heavy atom. The number of aliphatic hydroxyl groups is 1. The van der Waals surface area contributed by atoms with Gasteiger partial charge in [0.2, 0.25) is 0 Å². The number of nitrogens with two attached hydrogens (primary N) is 1. The average Bonchev–Trinajstić information content (AvgIpc) is 2.95. The number of amidine groups is 1. The van der Waals surface area contributed by atoms with Crippen LogP contribution in [0.5, 0.6) is 0 Å². The lowest BCUT2D eigenvalue weighted by Gasteiger charge is -2.25. The third-order valence-electron chi connectivity index (χ3n) is 6.06. The molecule has 3 heteroatoms. The van der Waals surface area contributed by atoms with Crippen LogP contribution in [0.1, 0.15) is 61.6 Å². The second kappa shape index (κ2) is 7.24. The highest BCUT2D eigenvalue weighted by atomic mass is 16.3. The van der Waals surface area contributed by atoms with Gasteiger partial charge in [0.1, 0.15) is 5.84 Å². The highest BCUT2D eigenvalue weighted by Crippen LogP contribution is 2.42. The molecule has 2 aliphatic rings. The van der Waals surface area contributed by atoms with E-state index < -0.39 is 5.60 Å². The zero-order valence-electron chi connectivity index (χ0n) is 15.3. The van der Waals surface area contributed by atoms with Gasteiger partial charge in [-0.05, 0) is 42.0 Å². The zero-order chi connectivity index (χ0) is 18.0. The van der Waals surface area contributed by atoms with E-state index in [2.05, 4.69) is 17.1 Å². The van der Waals surface area contributed by atoms with E-state index in [-0.39, 0.29) is 5.84 Å². The first-order chi connectivity index (χ1) is 12.7. The van der Waals surface area contributed by atoms with Gasteiger partial charge in [-0.15, -0.1) is 0 Å². The molecule has 1 heterocycles. The van der Waals surface area contributed by atoms with E-state index in [0.29, 0.717) is 0 Å². The van der Waals surface area contributed by atoms with E-state index in [9.17, 15) is 5.11 Å². The molecule has 1 unspecified atom stereocenters. The molecule has 1 fully saturated rings. The van der Waals surface area contributed by atoms with Crippen LogP contribution in [0.25, 0.3) is 0 Å². The molecule has 2 aromatic carbocycles. The Hall–Kier alpha value is -2.13. The number of benzene rings is 2. The fourth-order valence-corrected chi connectivity index (χ4v) is 4.53. The molecule has 1 atom stereocenters. The van der Waals surface area contributed by atoms with Gasteiger partial charge in [-0.2, -0.15) is 0 Å². The van der Waals surface area contributed by atoms with Crippen molar-refractivity contribution in [3.8, 4) is 0 Å². The number of rotatable bonds is 5. The van der Waals surface area contributed by atoms with Crippen molar-refractivity contribution in [3.05, 3.63) is 65.2 Å². The first kappa shape index (κ1) is 17.3. The summed E-state index contributed by atoms with van der Waals surface area (Å²) in [6.07, 6.45) is 10.6. The SMILES string of the molecule is NC1=Nc2ccc(CCCC3CCCCC3)cc2C1(O)c1ccccc1. The standard InChI is InChI=1S/C23H28N2O/c24-22-23(26,19-12-5-2-6-13-19)20-16-18(14-15-21(20)25-22)11-7-10-17-8-3-1-4-9-17/h2,5-6,12-17,26H,1,3-4,7-11H2,(H2,24,25). The molecular formula is C23H28N2O. The largest absolute Gasteiger partial charge is 0.384 e. The van der Waals surface area contributed by atoms with Crippen LogP contribution in [0.4, 0.5) is 5.69 Å². The van der Waals surface area contributed by atoms with Gasteiger partial charge in [0.25, 0.3) is 0 Å². The van der Waals surface area contributed by atoms with Gasteiger partial charge in [0.15, 0.2) is 5.60 Å². The van der Waals surface area contributed by atoms with Gasteiger partial charge in [-0.1, -0.05) is 74.9 Å². The Morgan fingerprint density at radius 2 is 1.81 bits per heavy atom. The average molecular weight is 348 g/mol. The summed E-state index contributed by atoms with van der Waals surface area (Å²) in [6, 6.07) is 15.8. The molecule has 3 nitrogen and oxygen atoms in total. The van der Waals surface area contributed by atoms with Crippen molar-refractivity contribution in [2.24, 2.45) is 16.6 Å². The van der Waals surface area contributed by atoms with Crippen molar-refractivity contribution in [2.75, 3.05) is 0 Å². The van der Waals surface area contributed by atoms with Crippen LogP contribution in [0.15, 0.2) is 53.5 Å². The second-order valence-electron chi connectivity index (χ2n) is 7.82. The lowest BCUT2D eigenvalue weighted by atomic mass is 9.84. The number of aliphatic imine (C=N–C) groups is 1. The Balaban J connectivity index is 1.51. The monoisotopic (exact) mass is 348 g/mol. The molecule has 1 saturated carbocycles. The van der Waals surface area contributed by atoms with Crippen LogP contribution in [-0.4, -0.2) is 10.9 Å². The first-order valence-electron chi connectivity index (χ1n) is 9.94. The van der Waals surface area contributed by atoms with E-state index >= 15 is 0 Å². The Bertz CT molecular complexity index is 793. The molecule has 0 spiro atoms. The van der Waals surface area contributed by atoms with E-state index in [1.807, 2.05) is 36.4 Å². The number of aryl methyl sites for hydroxylation is 1. The van der Waals surface area contributed by atoms with Crippen molar-refractivity contribution >= 4 is 11.5 Å². The molecule has 1 aliphatic carbocycles. The highest BCUT2D eigenvalue weighted by molar-refractivity contribution is 6.00. The van der Waals surface area contributed by atoms with Gasteiger partial charge in [-0.25, -0.2) is 4.99 Å². The molecular weight excluding hydrogens is 320 g/mol. The van der Waals surface area contributed by atoms with Crippen molar-refractivity contribution in [1.82, 2.24) is 0 Å². The van der Waals surface area contributed by atoms with Crippen LogP contribution in [0, 0.1) is 5.92 Å². The topological polar surface area (TPSA) is 58.6 Å². The molecule has 0 amide bonds. The Kier molecular flexibility index (Phi) is 4.82. The van der Waals surface area contributed by atoms with Gasteiger partial charge >= 0.3 is 0 Å². The minimum Gasteiger partial charge on any atom is -0.384 e. The van der Waals surface area contributed by atoms with E-state index in [1.54, 1.807) is 0 Å². The van der Waals surface area contributed by atoms with Crippen LogP contribution >= 0.6 is 0 Å². The fourth-order valence-electron chi connectivity index (χ4n) is 4.53. The molecule has 0 aromatic heterocycles. The molecule has 136 valence electrons. The smallest absolute Gasteiger partial charge is 0.174 e. The summed E-state index contributed by atoms with van der Waals surface area (Å²) in [7, 11) is 0. The molecule has 26 heavy (non-hydrogen) atoms. The summed E-state index contributed by atoms with van der Waals surface area (Å²) in [5.41, 5.74) is 8.47. The maximum Gasteiger partial charge on any atom is 0.174 e. The third-order valence-corrected chi connectivity index (χ3v) is 6.06. The van der Waals surface area contributed by atoms with E-state index in [0.717, 1.165) is 29.2 Å². The van der Waals surface area contributed by atoms with Crippen molar-refractivity contribution in [1.29, 1.82) is 0 Å². The van der Waals surface area contributed by atoms with Gasteiger partial charge in [-0.3, -0.25) is 0 Å². The summed E-state index contributed by atoms with van der Waals surface area (Å²) in [6.45, 7) is 0. The normalized spacial score (nSPS) is 22.9. The van der Waals surface area contributed by atoms with Gasteiger partial charge in [0, 0.05) is 5.56 Å². The van der Waals surface area contributed by atoms with Crippen LogP contribution < -0.4 is 5.73 Å². The molecule has 4 rings (SSSR count). The summed E-state index contributed by atoms with van der Waals surface area (Å²) < 4.78 is 0. The zero-order valence-corrected chi connectivity index (χ0v) is 15.3. The fraction of sp³-hybridized carbons (Fsp3) is 0.435. The minimum atomic E-state index is -1.31. The quantitative estimate of drug-likeness (QED) is 0.813. The van der Waals surface area contributed by atoms with Gasteiger partial charge < -0.3 is 10.8 Å². The van der Waals surface area contributed by atoms with Crippen LogP contribution in [-0.2, 0) is 12.0 Å². The van der Waals surface area contributed by atoms with Crippen molar-refractivity contribution in [2.45, 2.75) is 57.0 Å². The molecule has 0 bridgehead atoms. The Labute approximate surface area is 156 Å². The van der Waals surface area contributed by atoms with E-state index in [1.165, 1.54) is 50.5 Å². The number of fused-ring (bicyclic) bond motifs is 1. The van der Waals surface area contributed by atoms with Crippen LogP contribution in [0.2, 0.25) is 0 Å². The van der Waals surface area contributed by atoms with E-state index in [4.69, 9.17) is 5.73 Å². The predicted molar refractivity (Wildman–Crippen MR) is 107 cm³/mol. The Morgan fingerprint density at radius 1 is 1.04 bits per heavy atom. The number of hydrogen-bond acceptors (Lipinski definition) is 3. The number of nitrogens with zero attached hydrogens (tertiary/aromatic N) is 1. The predicted octanol–water partition coefficient (Wildman–Crippen LogP) is 4.83. The summed E-state index contributed by atoms with van der Waals surface area (Å²) in [5, 5.41) is 11.4. The lowest BCUT2D eigenvalue weighted by Crippen LogP contribution is -2.39. The molecule has 0 saturated heterocycles. The minimum absolute atomic E-state index is 0.262. The maximum absolute atomic E-state index is 11.4. The summed E-state index contributed by atoms with van der Waals surface area (Å²) in [4.78, 5) is 4.42. The lowest BCUT2D eigenvalue weighted by molar-refractivity contribution is 0.158. The third kappa shape index (κ3) is 3.16. The van der Waals surface area contributed by atoms with Gasteiger partial charge in [0.05, 0.1) is 5.69 Å². The maximum atomic E-state index is 11.4. The van der Waals surface area contributed by atoms with Crippen molar-refractivity contribution in [3.63, 3.8) is 0 Å². The van der Waals surface area contributed by atoms with Crippen LogP contribution in [0.3, 0.4) is 0 Å². The number of hydrogen-bond donors (Lipinski definition) is 2. The molecule has 0 radical (unpaired) electrons. The first-order valence-corrected chi connectivity index (χ1v) is 9.94.